The molecule has 1 fully saturated rings. The van der Waals surface area contributed by atoms with Crippen LogP contribution in [0, 0.1) is 5.92 Å². The first kappa shape index (κ1) is 13.6. The SMILES string of the molecule is Cn1c(SCC2CCCCC2)nnc1-c1cccnc1. The van der Waals surface area contributed by atoms with Crippen molar-refractivity contribution in [2.75, 3.05) is 5.75 Å². The lowest BCUT2D eigenvalue weighted by Crippen LogP contribution is -2.09. The molecule has 0 aliphatic heterocycles. The van der Waals surface area contributed by atoms with Gasteiger partial charge in [-0.05, 0) is 30.9 Å². The summed E-state index contributed by atoms with van der Waals surface area (Å²) in [6.07, 6.45) is 10.6. The Balaban J connectivity index is 1.67. The summed E-state index contributed by atoms with van der Waals surface area (Å²) >= 11 is 1.84. The van der Waals surface area contributed by atoms with Crippen LogP contribution in [0.3, 0.4) is 0 Å². The fourth-order valence-corrected chi connectivity index (χ4v) is 3.83. The van der Waals surface area contributed by atoms with E-state index in [-0.39, 0.29) is 0 Å². The molecule has 0 N–H and O–H groups in total. The van der Waals surface area contributed by atoms with Crippen molar-refractivity contribution in [2.24, 2.45) is 13.0 Å². The largest absolute Gasteiger partial charge is 0.305 e. The van der Waals surface area contributed by atoms with E-state index in [4.69, 9.17) is 0 Å². The maximum Gasteiger partial charge on any atom is 0.191 e. The molecule has 1 aliphatic carbocycles. The van der Waals surface area contributed by atoms with Gasteiger partial charge in [0.05, 0.1) is 0 Å². The molecule has 1 aliphatic rings. The molecule has 1 saturated carbocycles. The predicted octanol–water partition coefficient (Wildman–Crippen LogP) is 3.55. The lowest BCUT2D eigenvalue weighted by molar-refractivity contribution is 0.390. The van der Waals surface area contributed by atoms with Crippen LogP contribution in [-0.2, 0) is 7.05 Å². The number of thioether (sulfide) groups is 1. The van der Waals surface area contributed by atoms with E-state index < -0.39 is 0 Å². The highest BCUT2D eigenvalue weighted by atomic mass is 32.2. The Bertz CT molecular complexity index is 546. The average Bonchev–Trinajstić information content (AvgIpc) is 2.88. The van der Waals surface area contributed by atoms with E-state index in [0.717, 1.165) is 22.5 Å². The Morgan fingerprint density at radius 1 is 1.25 bits per heavy atom. The van der Waals surface area contributed by atoms with Gasteiger partial charge >= 0.3 is 0 Å². The second-order valence-electron chi connectivity index (χ2n) is 5.42. The van der Waals surface area contributed by atoms with Crippen molar-refractivity contribution in [3.05, 3.63) is 24.5 Å². The fourth-order valence-electron chi connectivity index (χ4n) is 2.73. The van der Waals surface area contributed by atoms with Crippen LogP contribution in [0.25, 0.3) is 11.4 Å². The number of aromatic nitrogens is 4. The van der Waals surface area contributed by atoms with Gasteiger partial charge in [-0.2, -0.15) is 0 Å². The number of rotatable bonds is 4. The molecule has 0 saturated heterocycles. The smallest absolute Gasteiger partial charge is 0.191 e. The molecule has 20 heavy (non-hydrogen) atoms. The van der Waals surface area contributed by atoms with Gasteiger partial charge in [0.15, 0.2) is 11.0 Å². The second-order valence-corrected chi connectivity index (χ2v) is 6.41. The standard InChI is InChI=1S/C15H20N4S/c1-19-14(13-8-5-9-16-10-13)17-18-15(19)20-11-12-6-3-2-4-7-12/h5,8-10,12H,2-4,6-7,11H2,1H3. The van der Waals surface area contributed by atoms with Crippen molar-refractivity contribution in [2.45, 2.75) is 37.3 Å². The molecule has 0 atom stereocenters. The molecule has 106 valence electrons. The molecule has 2 heterocycles. The maximum absolute atomic E-state index is 4.32. The van der Waals surface area contributed by atoms with Crippen LogP contribution in [0.15, 0.2) is 29.7 Å². The highest BCUT2D eigenvalue weighted by molar-refractivity contribution is 7.99. The first-order chi connectivity index (χ1) is 9.84. The number of hydrogen-bond acceptors (Lipinski definition) is 4. The highest BCUT2D eigenvalue weighted by Crippen LogP contribution is 2.30. The van der Waals surface area contributed by atoms with Crippen LogP contribution in [-0.4, -0.2) is 25.5 Å². The van der Waals surface area contributed by atoms with Gasteiger partial charge in [-0.1, -0.05) is 31.0 Å². The van der Waals surface area contributed by atoms with Crippen LogP contribution >= 0.6 is 11.8 Å². The Kier molecular flexibility index (Phi) is 4.35. The van der Waals surface area contributed by atoms with E-state index in [1.165, 1.54) is 37.9 Å². The quantitative estimate of drug-likeness (QED) is 0.807. The summed E-state index contributed by atoms with van der Waals surface area (Å²) in [6.45, 7) is 0. The van der Waals surface area contributed by atoms with Gasteiger partial charge < -0.3 is 4.57 Å². The molecule has 0 unspecified atom stereocenters. The molecule has 0 radical (unpaired) electrons. The Hall–Kier alpha value is -1.36. The Morgan fingerprint density at radius 3 is 2.85 bits per heavy atom. The second kappa shape index (κ2) is 6.39. The van der Waals surface area contributed by atoms with Gasteiger partial charge in [-0.3, -0.25) is 4.98 Å². The van der Waals surface area contributed by atoms with Crippen LogP contribution < -0.4 is 0 Å². The van der Waals surface area contributed by atoms with Gasteiger partial charge in [0.1, 0.15) is 0 Å². The van der Waals surface area contributed by atoms with Crippen LogP contribution in [0.2, 0.25) is 0 Å². The molecule has 4 nitrogen and oxygen atoms in total. The van der Waals surface area contributed by atoms with E-state index in [0.29, 0.717) is 0 Å². The van der Waals surface area contributed by atoms with E-state index >= 15 is 0 Å². The minimum Gasteiger partial charge on any atom is -0.305 e. The zero-order chi connectivity index (χ0) is 13.8. The van der Waals surface area contributed by atoms with Crippen LogP contribution in [0.1, 0.15) is 32.1 Å². The maximum atomic E-state index is 4.32. The third-order valence-electron chi connectivity index (χ3n) is 3.93. The zero-order valence-electron chi connectivity index (χ0n) is 11.8. The van der Waals surface area contributed by atoms with E-state index in [9.17, 15) is 0 Å². The molecule has 0 amide bonds. The van der Waals surface area contributed by atoms with Gasteiger partial charge in [-0.15, -0.1) is 10.2 Å². The lowest BCUT2D eigenvalue weighted by Gasteiger charge is -2.20. The summed E-state index contributed by atoms with van der Waals surface area (Å²) in [4.78, 5) is 4.14. The highest BCUT2D eigenvalue weighted by Gasteiger charge is 2.16. The molecule has 0 aromatic carbocycles. The zero-order valence-corrected chi connectivity index (χ0v) is 12.6. The van der Waals surface area contributed by atoms with Crippen molar-refractivity contribution in [1.29, 1.82) is 0 Å². The molecule has 0 spiro atoms. The number of pyridine rings is 1. The summed E-state index contributed by atoms with van der Waals surface area (Å²) < 4.78 is 2.07. The van der Waals surface area contributed by atoms with Gasteiger partial charge in [0.2, 0.25) is 0 Å². The summed E-state index contributed by atoms with van der Waals surface area (Å²) in [7, 11) is 2.03. The number of hydrogen-bond donors (Lipinski definition) is 0. The average molecular weight is 288 g/mol. The van der Waals surface area contributed by atoms with E-state index in [1.54, 1.807) is 6.20 Å². The van der Waals surface area contributed by atoms with Crippen molar-refractivity contribution in [3.63, 3.8) is 0 Å². The molecule has 5 heteroatoms. The van der Waals surface area contributed by atoms with E-state index in [2.05, 4.69) is 19.7 Å². The first-order valence-corrected chi connectivity index (χ1v) is 8.26. The topological polar surface area (TPSA) is 43.6 Å². The fraction of sp³-hybridized carbons (Fsp3) is 0.533. The predicted molar refractivity (Wildman–Crippen MR) is 81.5 cm³/mol. The van der Waals surface area contributed by atoms with Crippen molar-refractivity contribution < 1.29 is 0 Å². The molecule has 2 aromatic rings. The van der Waals surface area contributed by atoms with Gasteiger partial charge in [0.25, 0.3) is 0 Å². The third kappa shape index (κ3) is 3.03. The minimum absolute atomic E-state index is 0.854. The summed E-state index contributed by atoms with van der Waals surface area (Å²) in [5.74, 6) is 2.91. The van der Waals surface area contributed by atoms with Gasteiger partial charge in [0, 0.05) is 30.8 Å². The molecule has 0 bridgehead atoms. The molecule has 3 rings (SSSR count). The van der Waals surface area contributed by atoms with Crippen molar-refractivity contribution >= 4 is 11.8 Å². The summed E-state index contributed by atoms with van der Waals surface area (Å²) in [6, 6.07) is 3.95. The summed E-state index contributed by atoms with van der Waals surface area (Å²) in [5.41, 5.74) is 1.02. The lowest BCUT2D eigenvalue weighted by atomic mass is 9.91. The first-order valence-electron chi connectivity index (χ1n) is 7.27. The number of nitrogens with zero attached hydrogens (tertiary/aromatic N) is 4. The normalized spacial score (nSPS) is 16.4. The summed E-state index contributed by atoms with van der Waals surface area (Å²) in [5, 5.41) is 9.64. The van der Waals surface area contributed by atoms with Crippen LogP contribution in [0.5, 0.6) is 0 Å². The molecule has 2 aromatic heterocycles. The molecular formula is C15H20N4S. The van der Waals surface area contributed by atoms with Crippen LogP contribution in [0.4, 0.5) is 0 Å². The third-order valence-corrected chi connectivity index (χ3v) is 5.18. The monoisotopic (exact) mass is 288 g/mol. The Morgan fingerprint density at radius 2 is 2.10 bits per heavy atom. The van der Waals surface area contributed by atoms with Crippen molar-refractivity contribution in [1.82, 2.24) is 19.7 Å². The Labute approximate surface area is 124 Å². The van der Waals surface area contributed by atoms with E-state index in [1.807, 2.05) is 37.1 Å². The van der Waals surface area contributed by atoms with Gasteiger partial charge in [-0.25, -0.2) is 0 Å². The van der Waals surface area contributed by atoms with Crippen molar-refractivity contribution in [3.8, 4) is 11.4 Å². The molecular weight excluding hydrogens is 268 g/mol. The minimum atomic E-state index is 0.854.